The van der Waals surface area contributed by atoms with Crippen LogP contribution >= 0.6 is 0 Å². The average Bonchev–Trinajstić information content (AvgIpc) is 2.66. The van der Waals surface area contributed by atoms with Crippen molar-refractivity contribution in [2.24, 2.45) is 0 Å². The predicted molar refractivity (Wildman–Crippen MR) is 110 cm³/mol. The van der Waals surface area contributed by atoms with Crippen LogP contribution in [-0.4, -0.2) is 11.3 Å². The molecule has 3 nitrogen and oxygen atoms in total. The molecule has 146 valence electrons. The first-order valence-electron chi connectivity index (χ1n) is 10.1. The molecule has 0 saturated heterocycles. The summed E-state index contributed by atoms with van der Waals surface area (Å²) in [5, 5.41) is 9.08. The van der Waals surface area contributed by atoms with Gasteiger partial charge in [-0.3, -0.25) is 0 Å². The van der Waals surface area contributed by atoms with Gasteiger partial charge in [-0.1, -0.05) is 74.2 Å². The van der Waals surface area contributed by atoms with E-state index in [9.17, 15) is 4.79 Å². The van der Waals surface area contributed by atoms with Crippen LogP contribution < -0.4 is 0 Å². The van der Waals surface area contributed by atoms with Crippen molar-refractivity contribution in [2.75, 3.05) is 0 Å². The fourth-order valence-corrected chi connectivity index (χ4v) is 3.53. The first-order valence-corrected chi connectivity index (χ1v) is 10.1. The Morgan fingerprint density at radius 2 is 1.56 bits per heavy atom. The highest BCUT2D eigenvalue weighted by molar-refractivity contribution is 5.57. The molecule has 0 amide bonds. The highest BCUT2D eigenvalue weighted by Gasteiger charge is 2.18. The monoisotopic (exact) mass is 368 g/mol. The van der Waals surface area contributed by atoms with E-state index in [0.29, 0.717) is 0 Å². The Labute approximate surface area is 163 Å². The van der Waals surface area contributed by atoms with E-state index in [4.69, 9.17) is 9.84 Å². The summed E-state index contributed by atoms with van der Waals surface area (Å²) >= 11 is 0. The van der Waals surface area contributed by atoms with Crippen LogP contribution in [0.4, 0.5) is 4.79 Å². The van der Waals surface area contributed by atoms with Gasteiger partial charge in [0.05, 0.1) is 0 Å². The minimum Gasteiger partial charge on any atom is -0.450 e. The number of rotatable bonds is 11. The van der Waals surface area contributed by atoms with E-state index in [1.165, 1.54) is 36.8 Å². The van der Waals surface area contributed by atoms with Gasteiger partial charge >= 0.3 is 6.16 Å². The summed E-state index contributed by atoms with van der Waals surface area (Å²) in [4.78, 5) is 11.1. The van der Waals surface area contributed by atoms with E-state index in [0.717, 1.165) is 36.8 Å². The van der Waals surface area contributed by atoms with Crippen LogP contribution in [-0.2, 0) is 11.2 Å². The second-order valence-electron chi connectivity index (χ2n) is 7.31. The van der Waals surface area contributed by atoms with Crippen molar-refractivity contribution in [3.05, 3.63) is 70.8 Å². The van der Waals surface area contributed by atoms with E-state index < -0.39 is 6.16 Å². The highest BCUT2D eigenvalue weighted by Crippen LogP contribution is 2.28. The Hall–Kier alpha value is -2.29. The summed E-state index contributed by atoms with van der Waals surface area (Å²) in [7, 11) is 0. The lowest BCUT2D eigenvalue weighted by Gasteiger charge is -2.19. The quantitative estimate of drug-likeness (QED) is 0.343. The van der Waals surface area contributed by atoms with E-state index in [-0.39, 0.29) is 6.10 Å². The molecule has 0 aliphatic rings. The van der Waals surface area contributed by atoms with Gasteiger partial charge in [-0.05, 0) is 61.8 Å². The molecule has 1 atom stereocenters. The second kappa shape index (κ2) is 11.4. The molecule has 0 heterocycles. The van der Waals surface area contributed by atoms with Crippen LogP contribution in [0.1, 0.15) is 73.3 Å². The summed E-state index contributed by atoms with van der Waals surface area (Å²) in [6.07, 6.45) is 7.38. The Morgan fingerprint density at radius 3 is 2.26 bits per heavy atom. The molecule has 0 bridgehead atoms. The topological polar surface area (TPSA) is 46.5 Å². The van der Waals surface area contributed by atoms with Gasteiger partial charge in [0, 0.05) is 0 Å². The average molecular weight is 369 g/mol. The number of carbonyl (C=O) groups is 1. The Morgan fingerprint density at radius 1 is 0.889 bits per heavy atom. The van der Waals surface area contributed by atoms with Gasteiger partial charge in [0.2, 0.25) is 0 Å². The van der Waals surface area contributed by atoms with Crippen LogP contribution in [0.3, 0.4) is 0 Å². The lowest BCUT2D eigenvalue weighted by molar-refractivity contribution is 0.0461. The Balaban J connectivity index is 1.68. The summed E-state index contributed by atoms with van der Waals surface area (Å²) in [6, 6.07) is 16.6. The first-order chi connectivity index (χ1) is 13.1. The van der Waals surface area contributed by atoms with Gasteiger partial charge in [-0.2, -0.15) is 0 Å². The zero-order valence-electron chi connectivity index (χ0n) is 16.6. The maximum absolute atomic E-state index is 11.1. The summed E-state index contributed by atoms with van der Waals surface area (Å²) in [6.45, 7) is 4.09. The molecule has 1 unspecified atom stereocenters. The second-order valence-corrected chi connectivity index (χ2v) is 7.31. The number of aryl methyl sites for hydroxylation is 2. The summed E-state index contributed by atoms with van der Waals surface area (Å²) in [5.41, 5.74) is 4.72. The van der Waals surface area contributed by atoms with Crippen molar-refractivity contribution in [3.63, 3.8) is 0 Å². The molecule has 27 heavy (non-hydrogen) atoms. The third-order valence-corrected chi connectivity index (χ3v) is 5.26. The minimum absolute atomic E-state index is 0.361. The van der Waals surface area contributed by atoms with Crippen molar-refractivity contribution >= 4 is 6.16 Å². The molecule has 2 rings (SSSR count). The molecule has 0 saturated carbocycles. The van der Waals surface area contributed by atoms with Gasteiger partial charge in [0.15, 0.2) is 0 Å². The molecule has 2 aromatic rings. The van der Waals surface area contributed by atoms with Crippen molar-refractivity contribution in [1.82, 2.24) is 0 Å². The zero-order chi connectivity index (χ0) is 19.5. The third-order valence-electron chi connectivity index (χ3n) is 5.26. The molecule has 0 fully saturated rings. The molecule has 2 aromatic carbocycles. The third kappa shape index (κ3) is 7.46. The minimum atomic E-state index is -1.19. The fourth-order valence-electron chi connectivity index (χ4n) is 3.53. The molecule has 0 radical (unpaired) electrons. The standard InChI is InChI=1S/C24H32O3/c1-19-13-12-17-22(20(19)2)23(27-24(25)26)18-11-6-4-3-5-8-14-21-15-9-7-10-16-21/h7,9-10,12-13,15-17,23H,3-6,8,11,14,18H2,1-2H3,(H,25,26). The van der Waals surface area contributed by atoms with Crippen molar-refractivity contribution < 1.29 is 14.6 Å². The van der Waals surface area contributed by atoms with E-state index in [2.05, 4.69) is 30.3 Å². The molecular weight excluding hydrogens is 336 g/mol. The van der Waals surface area contributed by atoms with Crippen molar-refractivity contribution in [3.8, 4) is 0 Å². The molecule has 0 spiro atoms. The van der Waals surface area contributed by atoms with Gasteiger partial charge < -0.3 is 9.84 Å². The molecule has 3 heteroatoms. The summed E-state index contributed by atoms with van der Waals surface area (Å²) in [5.74, 6) is 0. The van der Waals surface area contributed by atoms with Gasteiger partial charge in [-0.15, -0.1) is 0 Å². The van der Waals surface area contributed by atoms with Crippen LogP contribution in [0.5, 0.6) is 0 Å². The van der Waals surface area contributed by atoms with Gasteiger partial charge in [0.1, 0.15) is 6.10 Å². The van der Waals surface area contributed by atoms with Crippen molar-refractivity contribution in [2.45, 2.75) is 71.3 Å². The number of hydrogen-bond donors (Lipinski definition) is 1. The smallest absolute Gasteiger partial charge is 0.450 e. The predicted octanol–water partition coefficient (Wildman–Crippen LogP) is 7.01. The van der Waals surface area contributed by atoms with Gasteiger partial charge in [0.25, 0.3) is 0 Å². The lowest BCUT2D eigenvalue weighted by atomic mass is 9.95. The molecule has 0 aromatic heterocycles. The van der Waals surface area contributed by atoms with Crippen LogP contribution in [0.2, 0.25) is 0 Å². The number of benzene rings is 2. The van der Waals surface area contributed by atoms with E-state index >= 15 is 0 Å². The van der Waals surface area contributed by atoms with Crippen LogP contribution in [0.15, 0.2) is 48.5 Å². The molecular formula is C24H32O3. The molecule has 0 aliphatic carbocycles. The highest BCUT2D eigenvalue weighted by atomic mass is 16.7. The van der Waals surface area contributed by atoms with Crippen LogP contribution in [0, 0.1) is 13.8 Å². The van der Waals surface area contributed by atoms with Gasteiger partial charge in [-0.25, -0.2) is 4.79 Å². The normalized spacial score (nSPS) is 11.9. The van der Waals surface area contributed by atoms with Crippen LogP contribution in [0.25, 0.3) is 0 Å². The summed E-state index contributed by atoms with van der Waals surface area (Å²) < 4.78 is 5.18. The Kier molecular flexibility index (Phi) is 8.90. The number of carboxylic acid groups (broad SMARTS) is 1. The Bertz CT molecular complexity index is 694. The number of ether oxygens (including phenoxy) is 1. The van der Waals surface area contributed by atoms with E-state index in [1.807, 2.05) is 32.0 Å². The number of unbranched alkanes of at least 4 members (excludes halogenated alkanes) is 5. The van der Waals surface area contributed by atoms with Crippen molar-refractivity contribution in [1.29, 1.82) is 0 Å². The maximum Gasteiger partial charge on any atom is 0.506 e. The first kappa shape index (κ1) is 21.0. The SMILES string of the molecule is Cc1cccc(C(CCCCCCCCc2ccccc2)OC(=O)O)c1C. The fraction of sp³-hybridized carbons (Fsp3) is 0.458. The largest absolute Gasteiger partial charge is 0.506 e. The maximum atomic E-state index is 11.1. The lowest BCUT2D eigenvalue weighted by Crippen LogP contribution is -2.11. The van der Waals surface area contributed by atoms with E-state index in [1.54, 1.807) is 0 Å². The molecule has 0 aliphatic heterocycles. The zero-order valence-corrected chi connectivity index (χ0v) is 16.6. The number of hydrogen-bond acceptors (Lipinski definition) is 2. The molecule has 1 N–H and O–H groups in total.